The van der Waals surface area contributed by atoms with Crippen LogP contribution < -0.4 is 0 Å². The Hall–Kier alpha value is 0.103. The average Bonchev–Trinajstić information content (AvgIpc) is 1.36. The van der Waals surface area contributed by atoms with E-state index >= 15 is 0 Å². The molecular weight excluding hydrogens is 173 g/mol. The molecule has 0 amide bonds. The smallest absolute Gasteiger partial charge is 0 e. The van der Waals surface area contributed by atoms with Crippen LogP contribution in [0.4, 0.5) is 0 Å². The summed E-state index contributed by atoms with van der Waals surface area (Å²) in [5.74, 6) is 0. The standard InChI is InChI=1S/C6H10.Ru/c1-5(2)6(3)4;/h1,3H2,2,4H3;. The fraction of sp³-hybridized carbons (Fsp3) is 0.333. The van der Waals surface area contributed by atoms with Gasteiger partial charge in [0.05, 0.1) is 0 Å². The Balaban J connectivity index is 0. The van der Waals surface area contributed by atoms with Gasteiger partial charge in [-0.3, -0.25) is 0 Å². The van der Waals surface area contributed by atoms with E-state index in [1.165, 1.54) is 0 Å². The minimum absolute atomic E-state index is 0. The summed E-state index contributed by atoms with van der Waals surface area (Å²) in [5, 5.41) is 0. The number of allylic oxidation sites excluding steroid dienone is 2. The Kier molecular flexibility index (Phi) is 6.19. The monoisotopic (exact) mass is 184 g/mol. The van der Waals surface area contributed by atoms with Gasteiger partial charge in [0.2, 0.25) is 0 Å². The van der Waals surface area contributed by atoms with Crippen molar-refractivity contribution >= 4 is 0 Å². The van der Waals surface area contributed by atoms with Crippen LogP contribution in [0.3, 0.4) is 0 Å². The first kappa shape index (κ1) is 10.2. The fourth-order valence-electron chi connectivity index (χ4n) is 0. The Morgan fingerprint density at radius 2 is 1.14 bits per heavy atom. The second kappa shape index (κ2) is 4.27. The molecule has 0 nitrogen and oxygen atoms in total. The molecule has 42 valence electrons. The molecule has 0 aromatic carbocycles. The van der Waals surface area contributed by atoms with Crippen LogP contribution in [0.25, 0.3) is 0 Å². The van der Waals surface area contributed by atoms with Crippen LogP contribution in [0.2, 0.25) is 0 Å². The van der Waals surface area contributed by atoms with Gasteiger partial charge in [0.25, 0.3) is 0 Å². The van der Waals surface area contributed by atoms with Crippen molar-refractivity contribution in [3.05, 3.63) is 24.3 Å². The summed E-state index contributed by atoms with van der Waals surface area (Å²) < 4.78 is 0. The molecule has 7 heavy (non-hydrogen) atoms. The van der Waals surface area contributed by atoms with Crippen molar-refractivity contribution in [2.75, 3.05) is 0 Å². The summed E-state index contributed by atoms with van der Waals surface area (Å²) in [4.78, 5) is 0. The first-order valence-electron chi connectivity index (χ1n) is 1.96. The Morgan fingerprint density at radius 1 is 1.00 bits per heavy atom. The van der Waals surface area contributed by atoms with Gasteiger partial charge >= 0.3 is 0 Å². The summed E-state index contributed by atoms with van der Waals surface area (Å²) in [6.45, 7) is 11.2. The normalized spacial score (nSPS) is 6.57. The minimum atomic E-state index is 0. The zero-order chi connectivity index (χ0) is 5.15. The van der Waals surface area contributed by atoms with Gasteiger partial charge in [0.15, 0.2) is 0 Å². The maximum atomic E-state index is 3.66. The fourth-order valence-corrected chi connectivity index (χ4v) is 0. The summed E-state index contributed by atoms with van der Waals surface area (Å²) in [5.41, 5.74) is 2.13. The SMILES string of the molecule is C=C(C)C(=C)C.[Ru]. The largest absolute Gasteiger partial charge is 0.0959 e. The molecular formula is C6H10Ru. The molecule has 0 radical (unpaired) electrons. The van der Waals surface area contributed by atoms with E-state index in [0.717, 1.165) is 11.1 Å². The maximum absolute atomic E-state index is 3.66. The molecule has 0 rings (SSSR count). The Bertz CT molecular complexity index is 70.2. The molecule has 0 aliphatic heterocycles. The third-order valence-corrected chi connectivity index (χ3v) is 0.729. The molecule has 0 bridgehead atoms. The molecule has 0 atom stereocenters. The van der Waals surface area contributed by atoms with Gasteiger partial charge < -0.3 is 0 Å². The van der Waals surface area contributed by atoms with Gasteiger partial charge in [0.1, 0.15) is 0 Å². The van der Waals surface area contributed by atoms with Crippen molar-refractivity contribution in [3.63, 3.8) is 0 Å². The van der Waals surface area contributed by atoms with Crippen molar-refractivity contribution in [3.8, 4) is 0 Å². The third kappa shape index (κ3) is 6.10. The van der Waals surface area contributed by atoms with Gasteiger partial charge in [-0.15, -0.1) is 0 Å². The second-order valence-corrected chi connectivity index (χ2v) is 1.56. The van der Waals surface area contributed by atoms with E-state index < -0.39 is 0 Å². The third-order valence-electron chi connectivity index (χ3n) is 0.729. The van der Waals surface area contributed by atoms with E-state index in [1.807, 2.05) is 13.8 Å². The minimum Gasteiger partial charge on any atom is -0.0959 e. The van der Waals surface area contributed by atoms with E-state index in [2.05, 4.69) is 13.2 Å². The van der Waals surface area contributed by atoms with Crippen LogP contribution in [0.5, 0.6) is 0 Å². The van der Waals surface area contributed by atoms with Crippen LogP contribution in [0, 0.1) is 0 Å². The summed E-state index contributed by atoms with van der Waals surface area (Å²) in [6.07, 6.45) is 0. The molecule has 0 saturated heterocycles. The Morgan fingerprint density at radius 3 is 1.14 bits per heavy atom. The van der Waals surface area contributed by atoms with Gasteiger partial charge in [-0.05, 0) is 13.8 Å². The van der Waals surface area contributed by atoms with Crippen LogP contribution in [0.1, 0.15) is 13.8 Å². The molecule has 0 aromatic rings. The maximum Gasteiger partial charge on any atom is 0 e. The molecule has 0 aromatic heterocycles. The van der Waals surface area contributed by atoms with E-state index in [1.54, 1.807) is 0 Å². The molecule has 0 fully saturated rings. The summed E-state index contributed by atoms with van der Waals surface area (Å²) in [7, 11) is 0. The second-order valence-electron chi connectivity index (χ2n) is 1.56. The van der Waals surface area contributed by atoms with E-state index in [4.69, 9.17) is 0 Å². The Labute approximate surface area is 58.1 Å². The van der Waals surface area contributed by atoms with E-state index in [9.17, 15) is 0 Å². The number of hydrogen-bond donors (Lipinski definition) is 0. The molecule has 0 aliphatic carbocycles. The molecule has 0 heterocycles. The molecule has 1 heteroatoms. The molecule has 0 spiro atoms. The van der Waals surface area contributed by atoms with E-state index in [0.29, 0.717) is 0 Å². The van der Waals surface area contributed by atoms with Crippen molar-refractivity contribution in [2.45, 2.75) is 13.8 Å². The van der Waals surface area contributed by atoms with Gasteiger partial charge in [0, 0.05) is 19.5 Å². The summed E-state index contributed by atoms with van der Waals surface area (Å²) in [6, 6.07) is 0. The van der Waals surface area contributed by atoms with Gasteiger partial charge in [-0.2, -0.15) is 0 Å². The molecule has 0 aliphatic rings. The van der Waals surface area contributed by atoms with Gasteiger partial charge in [-0.1, -0.05) is 24.3 Å². The zero-order valence-electron chi connectivity index (χ0n) is 4.77. The zero-order valence-corrected chi connectivity index (χ0v) is 6.51. The first-order chi connectivity index (χ1) is 2.64. The average molecular weight is 183 g/mol. The van der Waals surface area contributed by atoms with Crippen molar-refractivity contribution < 1.29 is 19.5 Å². The van der Waals surface area contributed by atoms with Crippen LogP contribution in [-0.4, -0.2) is 0 Å². The van der Waals surface area contributed by atoms with Crippen molar-refractivity contribution in [1.82, 2.24) is 0 Å². The number of hydrogen-bond acceptors (Lipinski definition) is 0. The topological polar surface area (TPSA) is 0 Å². The molecule has 0 unspecified atom stereocenters. The van der Waals surface area contributed by atoms with Crippen LogP contribution >= 0.6 is 0 Å². The predicted octanol–water partition coefficient (Wildman–Crippen LogP) is 2.14. The van der Waals surface area contributed by atoms with Gasteiger partial charge in [-0.25, -0.2) is 0 Å². The van der Waals surface area contributed by atoms with Crippen molar-refractivity contribution in [2.24, 2.45) is 0 Å². The molecule has 0 saturated carbocycles. The van der Waals surface area contributed by atoms with E-state index in [-0.39, 0.29) is 19.5 Å². The van der Waals surface area contributed by atoms with Crippen LogP contribution in [-0.2, 0) is 19.5 Å². The predicted molar refractivity (Wildman–Crippen MR) is 29.6 cm³/mol. The van der Waals surface area contributed by atoms with Crippen molar-refractivity contribution in [1.29, 1.82) is 0 Å². The van der Waals surface area contributed by atoms with Crippen LogP contribution in [0.15, 0.2) is 24.3 Å². The summed E-state index contributed by atoms with van der Waals surface area (Å²) >= 11 is 0. The number of rotatable bonds is 1. The molecule has 0 N–H and O–H groups in total. The quantitative estimate of drug-likeness (QED) is 0.431. The first-order valence-corrected chi connectivity index (χ1v) is 1.96.